The van der Waals surface area contributed by atoms with Crippen molar-refractivity contribution in [3.63, 3.8) is 0 Å². The lowest BCUT2D eigenvalue weighted by atomic mass is 10.1. The van der Waals surface area contributed by atoms with Crippen LogP contribution in [0.2, 0.25) is 5.02 Å². The summed E-state index contributed by atoms with van der Waals surface area (Å²) in [7, 11) is 2.08. The fourth-order valence-electron chi connectivity index (χ4n) is 1.66. The number of quaternary nitrogens is 1. The SMILES string of the molecule is C[NH2+]Cc1ccccc1.O=C([O-])C(O)c1cccc(Cl)c1. The first kappa shape index (κ1) is 17.2. The van der Waals surface area contributed by atoms with E-state index >= 15 is 0 Å². The third-order valence-corrected chi connectivity index (χ3v) is 2.91. The molecule has 0 aliphatic carbocycles. The van der Waals surface area contributed by atoms with E-state index in [1.165, 1.54) is 17.7 Å². The van der Waals surface area contributed by atoms with Gasteiger partial charge in [-0.2, -0.15) is 0 Å². The zero-order valence-electron chi connectivity index (χ0n) is 11.7. The number of carbonyl (C=O) groups is 1. The van der Waals surface area contributed by atoms with E-state index in [-0.39, 0.29) is 5.56 Å². The summed E-state index contributed by atoms with van der Waals surface area (Å²) in [6.45, 7) is 1.08. The molecular formula is C16H18ClNO3. The lowest BCUT2D eigenvalue weighted by molar-refractivity contribution is -0.643. The number of hydrogen-bond acceptors (Lipinski definition) is 3. The van der Waals surface area contributed by atoms with E-state index in [1.54, 1.807) is 12.1 Å². The Morgan fingerprint density at radius 3 is 2.43 bits per heavy atom. The molecule has 112 valence electrons. The van der Waals surface area contributed by atoms with Gasteiger partial charge < -0.3 is 20.3 Å². The predicted molar refractivity (Wildman–Crippen MR) is 79.4 cm³/mol. The number of benzene rings is 2. The van der Waals surface area contributed by atoms with Crippen molar-refractivity contribution in [2.45, 2.75) is 12.6 Å². The Balaban J connectivity index is 0.000000219. The summed E-state index contributed by atoms with van der Waals surface area (Å²) in [5.74, 6) is -1.53. The zero-order chi connectivity index (χ0) is 15.7. The maximum Gasteiger partial charge on any atom is 0.118 e. The van der Waals surface area contributed by atoms with Crippen molar-refractivity contribution in [2.75, 3.05) is 7.05 Å². The van der Waals surface area contributed by atoms with Crippen LogP contribution in [0, 0.1) is 0 Å². The number of aliphatic carboxylic acids is 1. The zero-order valence-corrected chi connectivity index (χ0v) is 12.5. The van der Waals surface area contributed by atoms with Gasteiger partial charge in [-0.15, -0.1) is 0 Å². The van der Waals surface area contributed by atoms with Gasteiger partial charge in [0, 0.05) is 10.6 Å². The van der Waals surface area contributed by atoms with Crippen molar-refractivity contribution < 1.29 is 20.3 Å². The first-order chi connectivity index (χ1) is 10.0. The summed E-state index contributed by atoms with van der Waals surface area (Å²) in [5.41, 5.74) is 1.61. The second-order valence-electron chi connectivity index (χ2n) is 4.37. The van der Waals surface area contributed by atoms with E-state index in [4.69, 9.17) is 16.7 Å². The van der Waals surface area contributed by atoms with Crippen molar-refractivity contribution in [1.82, 2.24) is 0 Å². The Morgan fingerprint density at radius 1 is 1.24 bits per heavy atom. The molecule has 2 aromatic rings. The topological polar surface area (TPSA) is 77.0 Å². The number of nitrogens with two attached hydrogens (primary N) is 1. The van der Waals surface area contributed by atoms with E-state index in [2.05, 4.69) is 36.6 Å². The van der Waals surface area contributed by atoms with Crippen molar-refractivity contribution in [3.05, 3.63) is 70.7 Å². The van der Waals surface area contributed by atoms with Gasteiger partial charge in [-0.3, -0.25) is 0 Å². The van der Waals surface area contributed by atoms with Crippen LogP contribution in [-0.2, 0) is 11.3 Å². The molecule has 0 saturated heterocycles. The van der Waals surface area contributed by atoms with Crippen LogP contribution in [0.25, 0.3) is 0 Å². The van der Waals surface area contributed by atoms with Gasteiger partial charge in [-0.25, -0.2) is 0 Å². The van der Waals surface area contributed by atoms with Gasteiger partial charge in [0.15, 0.2) is 0 Å². The molecule has 1 unspecified atom stereocenters. The standard InChI is InChI=1S/C8H7ClO3.C8H11N/c9-6-3-1-2-5(4-6)7(10)8(11)12;1-9-7-8-5-3-2-4-6-8/h1-4,7,10H,(H,11,12);2-6,9H,7H2,1H3. The van der Waals surface area contributed by atoms with Crippen LogP contribution < -0.4 is 10.4 Å². The third-order valence-electron chi connectivity index (χ3n) is 2.67. The van der Waals surface area contributed by atoms with Gasteiger partial charge in [-0.1, -0.05) is 54.1 Å². The first-order valence-electron chi connectivity index (χ1n) is 6.50. The summed E-state index contributed by atoms with van der Waals surface area (Å²) >= 11 is 5.57. The Hall–Kier alpha value is -1.88. The van der Waals surface area contributed by atoms with E-state index in [0.29, 0.717) is 5.02 Å². The molecule has 0 bridgehead atoms. The molecule has 0 fully saturated rings. The predicted octanol–water partition coefficient (Wildman–Crippen LogP) is 0.503. The highest BCUT2D eigenvalue weighted by atomic mass is 35.5. The molecule has 1 atom stereocenters. The molecule has 2 aromatic carbocycles. The molecule has 3 N–H and O–H groups in total. The van der Waals surface area contributed by atoms with Crippen molar-refractivity contribution in [2.24, 2.45) is 0 Å². The van der Waals surface area contributed by atoms with Crippen molar-refractivity contribution >= 4 is 17.6 Å². The van der Waals surface area contributed by atoms with Crippen molar-refractivity contribution in [1.29, 1.82) is 0 Å². The molecule has 4 nitrogen and oxygen atoms in total. The van der Waals surface area contributed by atoms with Crippen LogP contribution in [0.4, 0.5) is 0 Å². The Bertz CT molecular complexity index is 560. The highest BCUT2D eigenvalue weighted by Gasteiger charge is 2.07. The van der Waals surface area contributed by atoms with Crippen LogP contribution in [-0.4, -0.2) is 18.1 Å². The summed E-state index contributed by atoms with van der Waals surface area (Å²) in [6.07, 6.45) is -1.61. The minimum atomic E-state index is -1.61. The number of carboxylic acid groups (broad SMARTS) is 1. The smallest absolute Gasteiger partial charge is 0.118 e. The van der Waals surface area contributed by atoms with Crippen LogP contribution in [0.3, 0.4) is 0 Å². The summed E-state index contributed by atoms with van der Waals surface area (Å²) in [6, 6.07) is 16.4. The van der Waals surface area contributed by atoms with Gasteiger partial charge >= 0.3 is 0 Å². The Kier molecular flexibility index (Phi) is 7.46. The molecule has 0 amide bonds. The number of hydrogen-bond donors (Lipinski definition) is 2. The maximum atomic E-state index is 10.2. The van der Waals surface area contributed by atoms with Crippen LogP contribution in [0.15, 0.2) is 54.6 Å². The van der Waals surface area contributed by atoms with E-state index in [9.17, 15) is 9.90 Å². The average molecular weight is 308 g/mol. The summed E-state index contributed by atoms with van der Waals surface area (Å²) in [5, 5.41) is 21.8. The van der Waals surface area contributed by atoms with Crippen LogP contribution >= 0.6 is 11.6 Å². The Labute approximate surface area is 129 Å². The number of aliphatic hydroxyl groups excluding tert-OH is 1. The number of halogens is 1. The molecule has 21 heavy (non-hydrogen) atoms. The van der Waals surface area contributed by atoms with Gasteiger partial charge in [0.1, 0.15) is 12.6 Å². The van der Waals surface area contributed by atoms with Gasteiger partial charge in [-0.05, 0) is 17.7 Å². The second kappa shape index (κ2) is 9.13. The minimum Gasteiger partial charge on any atom is -0.547 e. The molecule has 2 rings (SSSR count). The van der Waals surface area contributed by atoms with Gasteiger partial charge in [0.05, 0.1) is 13.0 Å². The quantitative estimate of drug-likeness (QED) is 0.864. The number of rotatable bonds is 4. The van der Waals surface area contributed by atoms with Crippen LogP contribution in [0.1, 0.15) is 17.2 Å². The molecular weight excluding hydrogens is 290 g/mol. The highest BCUT2D eigenvalue weighted by Crippen LogP contribution is 2.16. The monoisotopic (exact) mass is 307 g/mol. The highest BCUT2D eigenvalue weighted by molar-refractivity contribution is 6.30. The largest absolute Gasteiger partial charge is 0.547 e. The molecule has 0 aliphatic heterocycles. The normalized spacial score (nSPS) is 11.2. The third kappa shape index (κ3) is 6.40. The number of carbonyl (C=O) groups excluding carboxylic acids is 1. The summed E-state index contributed by atoms with van der Waals surface area (Å²) in [4.78, 5) is 10.2. The molecule has 0 saturated carbocycles. The molecule has 0 aliphatic rings. The van der Waals surface area contributed by atoms with Gasteiger partial charge in [0.25, 0.3) is 0 Å². The summed E-state index contributed by atoms with van der Waals surface area (Å²) < 4.78 is 0. The molecule has 0 heterocycles. The molecule has 5 heteroatoms. The van der Waals surface area contributed by atoms with E-state index < -0.39 is 12.1 Å². The molecule has 0 aromatic heterocycles. The minimum absolute atomic E-state index is 0.225. The fraction of sp³-hybridized carbons (Fsp3) is 0.188. The average Bonchev–Trinajstić information content (AvgIpc) is 2.48. The molecule has 0 spiro atoms. The lowest BCUT2D eigenvalue weighted by Gasteiger charge is -2.11. The van der Waals surface area contributed by atoms with E-state index in [0.717, 1.165) is 6.54 Å². The van der Waals surface area contributed by atoms with E-state index in [1.807, 2.05) is 6.07 Å². The number of aliphatic hydroxyl groups is 1. The first-order valence-corrected chi connectivity index (χ1v) is 6.88. The number of carboxylic acids is 1. The maximum absolute atomic E-state index is 10.2. The Morgan fingerprint density at radius 2 is 1.90 bits per heavy atom. The fourth-order valence-corrected chi connectivity index (χ4v) is 1.86. The van der Waals surface area contributed by atoms with Gasteiger partial charge in [0.2, 0.25) is 0 Å². The lowest BCUT2D eigenvalue weighted by Crippen LogP contribution is -2.77. The molecule has 0 radical (unpaired) electrons. The van der Waals surface area contributed by atoms with Crippen molar-refractivity contribution in [3.8, 4) is 0 Å². The second-order valence-corrected chi connectivity index (χ2v) is 4.81. The van der Waals surface area contributed by atoms with Crippen LogP contribution in [0.5, 0.6) is 0 Å².